The van der Waals surface area contributed by atoms with E-state index >= 15 is 0 Å². The van der Waals surface area contributed by atoms with Crippen LogP contribution in [-0.2, 0) is 9.59 Å². The lowest BCUT2D eigenvalue weighted by Crippen LogP contribution is -2.39. The van der Waals surface area contributed by atoms with Crippen molar-refractivity contribution in [2.75, 3.05) is 9.91 Å². The Kier molecular flexibility index (Phi) is 3.54. The van der Waals surface area contributed by atoms with Crippen molar-refractivity contribution in [3.63, 3.8) is 0 Å². The number of anilines is 2. The van der Waals surface area contributed by atoms with Crippen LogP contribution in [0, 0.1) is 12.7 Å². The zero-order valence-corrected chi connectivity index (χ0v) is 13.8. The Morgan fingerprint density at radius 1 is 1.08 bits per heavy atom. The lowest BCUT2D eigenvalue weighted by atomic mass is 10.1. The van der Waals surface area contributed by atoms with E-state index in [1.54, 1.807) is 31.2 Å². The van der Waals surface area contributed by atoms with E-state index in [0.29, 0.717) is 16.3 Å². The first kappa shape index (κ1) is 15.7. The molecule has 2 heterocycles. The molecule has 2 aliphatic heterocycles. The van der Waals surface area contributed by atoms with E-state index in [1.807, 2.05) is 0 Å². The minimum absolute atomic E-state index is 0.189. The molecule has 0 saturated carbocycles. The van der Waals surface area contributed by atoms with Crippen LogP contribution in [-0.4, -0.2) is 23.9 Å². The monoisotopic (exact) mass is 358 g/mol. The van der Waals surface area contributed by atoms with Gasteiger partial charge in [-0.25, -0.2) is 14.3 Å². The first-order valence-corrected chi connectivity index (χ1v) is 7.95. The second-order valence-corrected chi connectivity index (χ2v) is 6.30. The highest BCUT2D eigenvalue weighted by Crippen LogP contribution is 2.35. The number of rotatable bonds is 2. The molecule has 6 nitrogen and oxygen atoms in total. The van der Waals surface area contributed by atoms with E-state index in [0.717, 1.165) is 4.90 Å². The zero-order valence-electron chi connectivity index (χ0n) is 13.1. The van der Waals surface area contributed by atoms with Gasteiger partial charge in [-0.05, 0) is 42.8 Å². The van der Waals surface area contributed by atoms with Crippen LogP contribution in [0.5, 0.6) is 0 Å². The van der Waals surface area contributed by atoms with Crippen LogP contribution in [0.1, 0.15) is 5.56 Å². The third-order valence-electron chi connectivity index (χ3n) is 4.27. The lowest BCUT2D eigenvalue weighted by molar-refractivity contribution is -0.121. The predicted octanol–water partition coefficient (Wildman–Crippen LogP) is 3.29. The molecule has 2 amide bonds. The maximum absolute atomic E-state index is 13.8. The molecule has 0 unspecified atom stereocenters. The van der Waals surface area contributed by atoms with E-state index in [9.17, 15) is 14.0 Å². The summed E-state index contributed by atoms with van der Waals surface area (Å²) in [7, 11) is 0. The molecule has 0 aromatic heterocycles. The third-order valence-corrected chi connectivity index (χ3v) is 4.50. The maximum atomic E-state index is 13.8. The molecule has 2 aromatic carbocycles. The second-order valence-electron chi connectivity index (χ2n) is 5.86. The summed E-state index contributed by atoms with van der Waals surface area (Å²) in [6, 6.07) is 9.16. The summed E-state index contributed by atoms with van der Waals surface area (Å²) in [5.74, 6) is -1.50. The Morgan fingerprint density at radius 3 is 2.60 bits per heavy atom. The molecule has 25 heavy (non-hydrogen) atoms. The fraction of sp³-hybridized carbons (Fsp3) is 0.176. The number of aryl methyl sites for hydroxylation is 1. The van der Waals surface area contributed by atoms with Crippen LogP contribution in [0.15, 0.2) is 52.8 Å². The van der Waals surface area contributed by atoms with Crippen molar-refractivity contribution in [3.8, 4) is 0 Å². The largest absolute Gasteiger partial charge is 0.271 e. The van der Waals surface area contributed by atoms with Crippen molar-refractivity contribution in [1.29, 1.82) is 0 Å². The number of carbonyl (C=O) groups is 2. The van der Waals surface area contributed by atoms with Crippen LogP contribution in [0.4, 0.5) is 15.8 Å². The summed E-state index contributed by atoms with van der Waals surface area (Å²) in [5.41, 5.74) is 1.18. The number of hydrogen-bond donors (Lipinski definition) is 0. The molecule has 2 aliphatic rings. The quantitative estimate of drug-likeness (QED) is 0.774. The minimum atomic E-state index is -0.948. The molecule has 1 fully saturated rings. The van der Waals surface area contributed by atoms with Gasteiger partial charge < -0.3 is 0 Å². The Balaban J connectivity index is 1.71. The molecular formula is C17H12ClFN4O2. The van der Waals surface area contributed by atoms with Crippen LogP contribution in [0.25, 0.3) is 0 Å². The van der Waals surface area contributed by atoms with E-state index in [2.05, 4.69) is 10.3 Å². The van der Waals surface area contributed by atoms with Gasteiger partial charge in [-0.2, -0.15) is 5.11 Å². The van der Waals surface area contributed by atoms with Crippen molar-refractivity contribution in [1.82, 2.24) is 0 Å². The van der Waals surface area contributed by atoms with E-state index in [-0.39, 0.29) is 5.69 Å². The van der Waals surface area contributed by atoms with Crippen LogP contribution in [0.2, 0.25) is 5.02 Å². The molecule has 0 spiro atoms. The van der Waals surface area contributed by atoms with Gasteiger partial charge >= 0.3 is 0 Å². The number of hydrogen-bond acceptors (Lipinski definition) is 5. The molecule has 0 aliphatic carbocycles. The summed E-state index contributed by atoms with van der Waals surface area (Å²) in [4.78, 5) is 26.4. The molecule has 0 bridgehead atoms. The van der Waals surface area contributed by atoms with Gasteiger partial charge in [0.05, 0.1) is 11.4 Å². The number of nitrogens with zero attached hydrogens (tertiary/aromatic N) is 4. The Hall–Kier alpha value is -2.80. The number of benzene rings is 2. The topological polar surface area (TPSA) is 65.3 Å². The molecule has 126 valence electrons. The Morgan fingerprint density at radius 2 is 1.88 bits per heavy atom. The van der Waals surface area contributed by atoms with Gasteiger partial charge in [-0.15, -0.1) is 0 Å². The fourth-order valence-corrected chi connectivity index (χ4v) is 3.15. The Labute approximate surface area is 147 Å². The summed E-state index contributed by atoms with van der Waals surface area (Å²) in [6.07, 6.45) is 0. The number of amides is 2. The Bertz CT molecular complexity index is 933. The summed E-state index contributed by atoms with van der Waals surface area (Å²) in [6.45, 7) is 1.61. The van der Waals surface area contributed by atoms with Crippen molar-refractivity contribution in [2.45, 2.75) is 19.0 Å². The normalized spacial score (nSPS) is 22.0. The smallest absolute Gasteiger partial charge is 0.263 e. The van der Waals surface area contributed by atoms with Gasteiger partial charge in [0.2, 0.25) is 0 Å². The van der Waals surface area contributed by atoms with Gasteiger partial charge in [-0.1, -0.05) is 29.0 Å². The molecule has 4 rings (SSSR count). The number of carbonyl (C=O) groups excluding carboxylic acids is 2. The molecule has 0 radical (unpaired) electrons. The minimum Gasteiger partial charge on any atom is -0.271 e. The van der Waals surface area contributed by atoms with Gasteiger partial charge in [0.15, 0.2) is 12.1 Å². The summed E-state index contributed by atoms with van der Waals surface area (Å²) >= 11 is 5.99. The number of imide groups is 1. The summed E-state index contributed by atoms with van der Waals surface area (Å²) < 4.78 is 13.8. The fourth-order valence-electron chi connectivity index (χ4n) is 2.97. The van der Waals surface area contributed by atoms with Crippen molar-refractivity contribution >= 4 is 34.8 Å². The van der Waals surface area contributed by atoms with E-state index in [1.165, 1.54) is 23.2 Å². The maximum Gasteiger partial charge on any atom is 0.263 e. The van der Waals surface area contributed by atoms with Crippen LogP contribution in [0.3, 0.4) is 0 Å². The summed E-state index contributed by atoms with van der Waals surface area (Å²) in [5, 5.41) is 9.74. The highest BCUT2D eigenvalue weighted by Gasteiger charge is 2.55. The average Bonchev–Trinajstić information content (AvgIpc) is 3.12. The first-order chi connectivity index (χ1) is 12.0. The second kappa shape index (κ2) is 5.63. The molecule has 0 N–H and O–H groups in total. The predicted molar refractivity (Wildman–Crippen MR) is 90.0 cm³/mol. The number of halogens is 2. The molecule has 1 saturated heterocycles. The molecule has 8 heteroatoms. The van der Waals surface area contributed by atoms with Gasteiger partial charge in [0.1, 0.15) is 5.82 Å². The van der Waals surface area contributed by atoms with E-state index < -0.39 is 29.7 Å². The van der Waals surface area contributed by atoms with Crippen molar-refractivity contribution < 1.29 is 14.0 Å². The van der Waals surface area contributed by atoms with Gasteiger partial charge in [0.25, 0.3) is 11.8 Å². The molecule has 2 aromatic rings. The van der Waals surface area contributed by atoms with Crippen LogP contribution < -0.4 is 9.91 Å². The first-order valence-electron chi connectivity index (χ1n) is 7.57. The SMILES string of the molecule is Cc1ccc(N2C(=O)[C@@H]3[C@@H](N=NN3c3cccc(Cl)c3)C2=O)cc1F. The molecular weight excluding hydrogens is 347 g/mol. The third kappa shape index (κ3) is 2.39. The van der Waals surface area contributed by atoms with Gasteiger partial charge in [-0.3, -0.25) is 9.59 Å². The number of fused-ring (bicyclic) bond motifs is 1. The van der Waals surface area contributed by atoms with Crippen molar-refractivity contribution in [3.05, 3.63) is 58.9 Å². The lowest BCUT2D eigenvalue weighted by Gasteiger charge is -2.20. The zero-order chi connectivity index (χ0) is 17.7. The highest BCUT2D eigenvalue weighted by molar-refractivity contribution is 6.31. The van der Waals surface area contributed by atoms with Crippen LogP contribution >= 0.6 is 11.6 Å². The standard InChI is InChI=1S/C17H12ClFN4O2/c1-9-5-6-11(8-13(9)19)22-16(24)14-15(17(22)25)23(21-20-14)12-4-2-3-10(18)7-12/h2-8,14-15H,1H3/t14-,15+/m1/s1. The average molecular weight is 359 g/mol. The van der Waals surface area contributed by atoms with E-state index in [4.69, 9.17) is 11.6 Å². The van der Waals surface area contributed by atoms with Crippen molar-refractivity contribution in [2.24, 2.45) is 10.3 Å². The highest BCUT2D eigenvalue weighted by atomic mass is 35.5. The van der Waals surface area contributed by atoms with Gasteiger partial charge in [0, 0.05) is 5.02 Å². The molecule has 2 atom stereocenters.